The second-order valence-electron chi connectivity index (χ2n) is 8.23. The number of hydrogen-bond acceptors (Lipinski definition) is 3. The number of rotatable bonds is 7. The Morgan fingerprint density at radius 1 is 0.909 bits per heavy atom. The Bertz CT molecular complexity index is 1280. The molecule has 0 fully saturated rings. The standard InChI is InChI=1S/C27H24N2O4/c30-26(31)16-29(14-13-18-15-28-25-12-6-5-7-19(18)25)27(32)33-17-24-22-10-3-1-8-20(22)21-9-2-4-11-23(21)24/h1-12,15,24,28H,13-14,16-17H2,(H,30,31). The van der Waals surface area contributed by atoms with E-state index in [1.807, 2.05) is 54.7 Å². The van der Waals surface area contributed by atoms with E-state index in [4.69, 9.17) is 4.74 Å². The van der Waals surface area contributed by atoms with E-state index < -0.39 is 18.6 Å². The van der Waals surface area contributed by atoms with Crippen molar-refractivity contribution in [3.05, 3.63) is 95.7 Å². The second kappa shape index (κ2) is 8.82. The molecule has 0 unspecified atom stereocenters. The first kappa shape index (κ1) is 20.8. The summed E-state index contributed by atoms with van der Waals surface area (Å²) < 4.78 is 5.68. The number of carboxylic acid groups (broad SMARTS) is 1. The third kappa shape index (κ3) is 4.07. The number of carbonyl (C=O) groups is 2. The number of para-hydroxylation sites is 1. The number of nitrogens with one attached hydrogen (secondary N) is 1. The summed E-state index contributed by atoms with van der Waals surface area (Å²) in [5.74, 6) is -1.14. The first-order chi connectivity index (χ1) is 16.1. The zero-order chi connectivity index (χ0) is 22.8. The Balaban J connectivity index is 1.30. The molecule has 166 valence electrons. The number of aromatic amines is 1. The summed E-state index contributed by atoms with van der Waals surface area (Å²) in [5, 5.41) is 10.4. The number of nitrogens with zero attached hydrogens (tertiary/aromatic N) is 1. The van der Waals surface area contributed by atoms with Crippen molar-refractivity contribution in [1.29, 1.82) is 0 Å². The minimum atomic E-state index is -1.07. The number of fused-ring (bicyclic) bond motifs is 4. The lowest BCUT2D eigenvalue weighted by atomic mass is 9.98. The molecule has 2 N–H and O–H groups in total. The van der Waals surface area contributed by atoms with Crippen LogP contribution in [0.1, 0.15) is 22.6 Å². The number of benzene rings is 3. The van der Waals surface area contributed by atoms with E-state index in [0.717, 1.165) is 38.7 Å². The van der Waals surface area contributed by atoms with Crippen LogP contribution in [0.25, 0.3) is 22.0 Å². The minimum absolute atomic E-state index is 0.0679. The van der Waals surface area contributed by atoms with Crippen molar-refractivity contribution in [1.82, 2.24) is 9.88 Å². The second-order valence-corrected chi connectivity index (χ2v) is 8.23. The van der Waals surface area contributed by atoms with Gasteiger partial charge in [0.25, 0.3) is 0 Å². The number of carbonyl (C=O) groups excluding carboxylic acids is 1. The average molecular weight is 440 g/mol. The molecule has 4 aromatic rings. The zero-order valence-electron chi connectivity index (χ0n) is 18.0. The van der Waals surface area contributed by atoms with Gasteiger partial charge in [-0.3, -0.25) is 9.69 Å². The molecule has 1 heterocycles. The molecule has 0 saturated carbocycles. The number of carboxylic acids is 1. The molecule has 0 radical (unpaired) electrons. The Hall–Kier alpha value is -4.06. The van der Waals surface area contributed by atoms with Crippen molar-refractivity contribution >= 4 is 23.0 Å². The number of H-pyrrole nitrogens is 1. The molecule has 6 heteroatoms. The highest BCUT2D eigenvalue weighted by atomic mass is 16.6. The summed E-state index contributed by atoms with van der Waals surface area (Å²) in [6.07, 6.45) is 1.82. The van der Waals surface area contributed by atoms with E-state index in [9.17, 15) is 14.7 Å². The topological polar surface area (TPSA) is 82.6 Å². The van der Waals surface area contributed by atoms with Crippen molar-refractivity contribution in [2.45, 2.75) is 12.3 Å². The van der Waals surface area contributed by atoms with E-state index in [1.165, 1.54) is 4.90 Å². The van der Waals surface area contributed by atoms with Crippen molar-refractivity contribution in [2.24, 2.45) is 0 Å². The fourth-order valence-electron chi connectivity index (χ4n) is 4.68. The van der Waals surface area contributed by atoms with Crippen LogP contribution in [-0.2, 0) is 16.0 Å². The number of aromatic nitrogens is 1. The molecule has 33 heavy (non-hydrogen) atoms. The molecule has 5 rings (SSSR count). The van der Waals surface area contributed by atoms with Gasteiger partial charge in [-0.15, -0.1) is 0 Å². The van der Waals surface area contributed by atoms with Gasteiger partial charge in [0, 0.05) is 29.6 Å². The Kier molecular flexibility index (Phi) is 5.57. The average Bonchev–Trinajstić information content (AvgIpc) is 3.39. The number of ether oxygens (including phenoxy) is 1. The van der Waals surface area contributed by atoms with E-state index in [2.05, 4.69) is 29.2 Å². The first-order valence-electron chi connectivity index (χ1n) is 11.0. The van der Waals surface area contributed by atoms with Crippen LogP contribution in [0.2, 0.25) is 0 Å². The maximum atomic E-state index is 12.9. The molecule has 0 spiro atoms. The molecule has 0 saturated heterocycles. The molecule has 1 aliphatic rings. The van der Waals surface area contributed by atoms with Gasteiger partial charge >= 0.3 is 12.1 Å². The highest BCUT2D eigenvalue weighted by Gasteiger charge is 2.30. The van der Waals surface area contributed by atoms with Crippen LogP contribution in [0.5, 0.6) is 0 Å². The number of hydrogen-bond donors (Lipinski definition) is 2. The minimum Gasteiger partial charge on any atom is -0.480 e. The van der Waals surface area contributed by atoms with Gasteiger partial charge in [-0.25, -0.2) is 4.79 Å². The summed E-state index contributed by atoms with van der Waals surface area (Å²) in [6.45, 7) is 0.0138. The molecule has 1 amide bonds. The maximum absolute atomic E-state index is 12.9. The Labute approximate surface area is 191 Å². The third-order valence-corrected chi connectivity index (χ3v) is 6.25. The van der Waals surface area contributed by atoms with Crippen LogP contribution in [0.3, 0.4) is 0 Å². The largest absolute Gasteiger partial charge is 0.480 e. The smallest absolute Gasteiger partial charge is 0.410 e. The molecule has 3 aromatic carbocycles. The first-order valence-corrected chi connectivity index (χ1v) is 11.0. The third-order valence-electron chi connectivity index (χ3n) is 6.25. The van der Waals surface area contributed by atoms with E-state index in [1.54, 1.807) is 0 Å². The summed E-state index contributed by atoms with van der Waals surface area (Å²) in [5.41, 5.74) is 6.59. The van der Waals surface area contributed by atoms with Crippen LogP contribution in [0.4, 0.5) is 4.79 Å². The van der Waals surface area contributed by atoms with Crippen molar-refractivity contribution < 1.29 is 19.4 Å². The number of aliphatic carboxylic acids is 1. The predicted octanol–water partition coefficient (Wildman–Crippen LogP) is 5.05. The fourth-order valence-corrected chi connectivity index (χ4v) is 4.68. The molecule has 0 bridgehead atoms. The normalized spacial score (nSPS) is 12.4. The molecule has 1 aromatic heterocycles. The van der Waals surface area contributed by atoms with E-state index in [-0.39, 0.29) is 19.1 Å². The molecule has 1 aliphatic carbocycles. The molecular formula is C27H24N2O4. The predicted molar refractivity (Wildman–Crippen MR) is 126 cm³/mol. The zero-order valence-corrected chi connectivity index (χ0v) is 18.0. The lowest BCUT2D eigenvalue weighted by Gasteiger charge is -2.22. The Morgan fingerprint density at radius 2 is 1.55 bits per heavy atom. The quantitative estimate of drug-likeness (QED) is 0.421. The van der Waals surface area contributed by atoms with Gasteiger partial charge in [-0.05, 0) is 40.3 Å². The summed E-state index contributed by atoms with van der Waals surface area (Å²) in [7, 11) is 0. The van der Waals surface area contributed by atoms with Crippen molar-refractivity contribution in [2.75, 3.05) is 19.7 Å². The van der Waals surface area contributed by atoms with Gasteiger partial charge in [0.05, 0.1) is 0 Å². The monoisotopic (exact) mass is 440 g/mol. The van der Waals surface area contributed by atoms with Gasteiger partial charge < -0.3 is 14.8 Å². The summed E-state index contributed by atoms with van der Waals surface area (Å²) >= 11 is 0. The molecule has 0 atom stereocenters. The van der Waals surface area contributed by atoms with Crippen LogP contribution in [0, 0.1) is 0 Å². The fraction of sp³-hybridized carbons (Fsp3) is 0.185. The SMILES string of the molecule is O=C(O)CN(CCc1c[nH]c2ccccc12)C(=O)OCC1c2ccccc2-c2ccccc21. The lowest BCUT2D eigenvalue weighted by Crippen LogP contribution is -2.38. The van der Waals surface area contributed by atoms with Gasteiger partial charge in [0.1, 0.15) is 13.2 Å². The van der Waals surface area contributed by atoms with Crippen LogP contribution >= 0.6 is 0 Å². The highest BCUT2D eigenvalue weighted by Crippen LogP contribution is 2.44. The summed E-state index contributed by atoms with van der Waals surface area (Å²) in [6, 6.07) is 24.1. The van der Waals surface area contributed by atoms with Crippen LogP contribution in [0.15, 0.2) is 79.0 Å². The van der Waals surface area contributed by atoms with E-state index in [0.29, 0.717) is 6.42 Å². The van der Waals surface area contributed by atoms with E-state index >= 15 is 0 Å². The maximum Gasteiger partial charge on any atom is 0.410 e. The Morgan fingerprint density at radius 3 is 2.24 bits per heavy atom. The highest BCUT2D eigenvalue weighted by molar-refractivity contribution is 5.83. The van der Waals surface area contributed by atoms with Gasteiger partial charge in [-0.2, -0.15) is 0 Å². The van der Waals surface area contributed by atoms with Gasteiger partial charge in [0.15, 0.2) is 0 Å². The van der Waals surface area contributed by atoms with Crippen molar-refractivity contribution in [3.63, 3.8) is 0 Å². The van der Waals surface area contributed by atoms with Gasteiger partial charge in [0.2, 0.25) is 0 Å². The van der Waals surface area contributed by atoms with Gasteiger partial charge in [-0.1, -0.05) is 66.7 Å². The van der Waals surface area contributed by atoms with Crippen LogP contribution in [-0.4, -0.2) is 46.7 Å². The number of amides is 1. The van der Waals surface area contributed by atoms with Crippen LogP contribution < -0.4 is 0 Å². The molecule has 6 nitrogen and oxygen atoms in total. The molecular weight excluding hydrogens is 416 g/mol. The lowest BCUT2D eigenvalue weighted by molar-refractivity contribution is -0.138. The molecule has 0 aliphatic heterocycles. The van der Waals surface area contributed by atoms with Crippen molar-refractivity contribution in [3.8, 4) is 11.1 Å². The summed E-state index contributed by atoms with van der Waals surface area (Å²) in [4.78, 5) is 28.8.